The summed E-state index contributed by atoms with van der Waals surface area (Å²) in [5.74, 6) is 0.284. The first-order chi connectivity index (χ1) is 12.2. The fourth-order valence-corrected chi connectivity index (χ4v) is 2.97. The fourth-order valence-electron chi connectivity index (χ4n) is 2.97. The molecule has 2 heterocycles. The van der Waals surface area contributed by atoms with Gasteiger partial charge in [-0.3, -0.25) is 9.59 Å². The molecule has 1 fully saturated rings. The lowest BCUT2D eigenvalue weighted by Gasteiger charge is -2.23. The van der Waals surface area contributed by atoms with Crippen molar-refractivity contribution in [1.29, 1.82) is 0 Å². The molecule has 5 nitrogen and oxygen atoms in total. The van der Waals surface area contributed by atoms with E-state index in [1.165, 1.54) is 6.08 Å². The van der Waals surface area contributed by atoms with Crippen LogP contribution in [-0.2, 0) is 16.0 Å². The molecule has 1 aliphatic rings. The van der Waals surface area contributed by atoms with Crippen LogP contribution in [0, 0.1) is 0 Å². The molecule has 130 valence electrons. The highest BCUT2D eigenvalue weighted by Crippen LogP contribution is 2.12. The Bertz CT molecular complexity index is 717. The predicted octanol–water partition coefficient (Wildman–Crippen LogP) is 2.64. The molecular formula is C20H22N2O3. The van der Waals surface area contributed by atoms with Gasteiger partial charge in [0.15, 0.2) is 0 Å². The molecule has 0 saturated carbocycles. The van der Waals surface area contributed by atoms with Crippen LogP contribution < -0.4 is 5.32 Å². The Morgan fingerprint density at radius 2 is 1.88 bits per heavy atom. The average molecular weight is 338 g/mol. The summed E-state index contributed by atoms with van der Waals surface area (Å²) in [6.45, 7) is 1.53. The number of carbonyl (C=O) groups is 2. The maximum Gasteiger partial charge on any atom is 0.245 e. The van der Waals surface area contributed by atoms with Gasteiger partial charge in [0.2, 0.25) is 11.8 Å². The summed E-state index contributed by atoms with van der Waals surface area (Å²) < 4.78 is 5.17. The highest BCUT2D eigenvalue weighted by Gasteiger charge is 2.27. The van der Waals surface area contributed by atoms with Gasteiger partial charge >= 0.3 is 0 Å². The number of nitrogens with one attached hydrogen (secondary N) is 1. The summed E-state index contributed by atoms with van der Waals surface area (Å²) in [4.78, 5) is 26.9. The van der Waals surface area contributed by atoms with Gasteiger partial charge in [-0.15, -0.1) is 0 Å². The maximum atomic E-state index is 12.8. The number of nitrogens with zero attached hydrogens (tertiary/aromatic N) is 1. The minimum atomic E-state index is -0.561. The van der Waals surface area contributed by atoms with Crippen molar-refractivity contribution in [2.45, 2.75) is 25.3 Å². The summed E-state index contributed by atoms with van der Waals surface area (Å²) in [7, 11) is 0. The van der Waals surface area contributed by atoms with Crippen LogP contribution in [0.1, 0.15) is 24.2 Å². The fraction of sp³-hybridized carbons (Fsp3) is 0.300. The van der Waals surface area contributed by atoms with Crippen molar-refractivity contribution >= 4 is 17.9 Å². The quantitative estimate of drug-likeness (QED) is 0.824. The lowest BCUT2D eigenvalue weighted by molar-refractivity contribution is -0.134. The van der Waals surface area contributed by atoms with E-state index in [1.54, 1.807) is 24.5 Å². The van der Waals surface area contributed by atoms with Crippen molar-refractivity contribution < 1.29 is 14.0 Å². The zero-order chi connectivity index (χ0) is 17.5. The van der Waals surface area contributed by atoms with Gasteiger partial charge in [0, 0.05) is 25.6 Å². The second-order valence-corrected chi connectivity index (χ2v) is 6.13. The molecule has 5 heteroatoms. The molecule has 0 aliphatic carbocycles. The monoisotopic (exact) mass is 338 g/mol. The summed E-state index contributed by atoms with van der Waals surface area (Å²) in [6.07, 6.45) is 7.07. The van der Waals surface area contributed by atoms with E-state index in [9.17, 15) is 9.59 Å². The van der Waals surface area contributed by atoms with Crippen LogP contribution in [0.5, 0.6) is 0 Å². The minimum absolute atomic E-state index is 0.0129. The largest absolute Gasteiger partial charge is 0.465 e. The minimum Gasteiger partial charge on any atom is -0.465 e. The number of amides is 2. The molecule has 2 aromatic rings. The molecule has 3 rings (SSSR count). The van der Waals surface area contributed by atoms with Gasteiger partial charge in [-0.25, -0.2) is 0 Å². The second kappa shape index (κ2) is 8.33. The molecule has 0 unspecified atom stereocenters. The van der Waals surface area contributed by atoms with Gasteiger partial charge in [0.1, 0.15) is 11.8 Å². The Balaban J connectivity index is 1.68. The molecule has 25 heavy (non-hydrogen) atoms. The van der Waals surface area contributed by atoms with Crippen LogP contribution in [0.4, 0.5) is 0 Å². The number of rotatable bonds is 6. The Morgan fingerprint density at radius 3 is 2.56 bits per heavy atom. The molecule has 1 N–H and O–H groups in total. The van der Waals surface area contributed by atoms with Gasteiger partial charge in [0.05, 0.1) is 6.26 Å². The van der Waals surface area contributed by atoms with Crippen molar-refractivity contribution in [2.24, 2.45) is 0 Å². The SMILES string of the molecule is O=C(/C=C/c1ccco1)N[C@@H](Cc1ccccc1)C(=O)N1CCCC1. The van der Waals surface area contributed by atoms with Crippen LogP contribution in [0.25, 0.3) is 6.08 Å². The van der Waals surface area contributed by atoms with Gasteiger partial charge in [0.25, 0.3) is 0 Å². The first kappa shape index (κ1) is 17.0. The third-order valence-electron chi connectivity index (χ3n) is 4.26. The van der Waals surface area contributed by atoms with Crippen LogP contribution in [0.15, 0.2) is 59.2 Å². The normalized spacial score (nSPS) is 15.4. The summed E-state index contributed by atoms with van der Waals surface area (Å²) in [5, 5.41) is 2.85. The zero-order valence-electron chi connectivity index (χ0n) is 14.1. The van der Waals surface area contributed by atoms with E-state index in [0.717, 1.165) is 31.5 Å². The van der Waals surface area contributed by atoms with E-state index in [2.05, 4.69) is 5.32 Å². The van der Waals surface area contributed by atoms with Crippen LogP contribution in [-0.4, -0.2) is 35.8 Å². The van der Waals surface area contributed by atoms with E-state index in [4.69, 9.17) is 4.42 Å². The molecule has 0 radical (unpaired) electrons. The van der Waals surface area contributed by atoms with E-state index >= 15 is 0 Å². The number of hydrogen-bond acceptors (Lipinski definition) is 3. The topological polar surface area (TPSA) is 62.6 Å². The molecule has 2 amide bonds. The van der Waals surface area contributed by atoms with Crippen molar-refractivity contribution in [1.82, 2.24) is 10.2 Å². The van der Waals surface area contributed by atoms with Gasteiger partial charge in [-0.05, 0) is 36.6 Å². The lowest BCUT2D eigenvalue weighted by atomic mass is 10.0. The van der Waals surface area contributed by atoms with E-state index in [0.29, 0.717) is 12.2 Å². The summed E-state index contributed by atoms with van der Waals surface area (Å²) in [6, 6.07) is 12.7. The third-order valence-corrected chi connectivity index (χ3v) is 4.26. The highest BCUT2D eigenvalue weighted by molar-refractivity contribution is 5.95. The van der Waals surface area contributed by atoms with Crippen molar-refractivity contribution in [3.05, 3.63) is 66.1 Å². The molecule has 1 aromatic carbocycles. The second-order valence-electron chi connectivity index (χ2n) is 6.13. The first-order valence-corrected chi connectivity index (χ1v) is 8.57. The van der Waals surface area contributed by atoms with Crippen LogP contribution in [0.3, 0.4) is 0 Å². The van der Waals surface area contributed by atoms with Gasteiger partial charge in [-0.2, -0.15) is 0 Å². The van der Waals surface area contributed by atoms with E-state index in [-0.39, 0.29) is 11.8 Å². The van der Waals surface area contributed by atoms with E-state index < -0.39 is 6.04 Å². The first-order valence-electron chi connectivity index (χ1n) is 8.57. The summed E-state index contributed by atoms with van der Waals surface area (Å²) >= 11 is 0. The van der Waals surface area contributed by atoms with Gasteiger partial charge in [-0.1, -0.05) is 30.3 Å². The Morgan fingerprint density at radius 1 is 1.12 bits per heavy atom. The standard InChI is InChI=1S/C20H22N2O3/c23-19(11-10-17-9-6-14-25-17)21-18(15-16-7-2-1-3-8-16)20(24)22-12-4-5-13-22/h1-3,6-11,14,18H,4-5,12-13,15H2,(H,21,23)/b11-10+/t18-/m0/s1. The summed E-state index contributed by atoms with van der Waals surface area (Å²) in [5.41, 5.74) is 1.02. The van der Waals surface area contributed by atoms with Crippen LogP contribution in [0.2, 0.25) is 0 Å². The number of carbonyl (C=O) groups excluding carboxylic acids is 2. The predicted molar refractivity (Wildman–Crippen MR) is 95.6 cm³/mol. The molecule has 1 aromatic heterocycles. The molecule has 0 bridgehead atoms. The Hall–Kier alpha value is -2.82. The third kappa shape index (κ3) is 4.83. The smallest absolute Gasteiger partial charge is 0.245 e. The molecular weight excluding hydrogens is 316 g/mol. The van der Waals surface area contributed by atoms with Crippen LogP contribution >= 0.6 is 0 Å². The van der Waals surface area contributed by atoms with Crippen molar-refractivity contribution in [3.8, 4) is 0 Å². The molecule has 0 spiro atoms. The van der Waals surface area contributed by atoms with Crippen molar-refractivity contribution in [2.75, 3.05) is 13.1 Å². The van der Waals surface area contributed by atoms with Crippen molar-refractivity contribution in [3.63, 3.8) is 0 Å². The van der Waals surface area contributed by atoms with Gasteiger partial charge < -0.3 is 14.6 Å². The van der Waals surface area contributed by atoms with E-state index in [1.807, 2.05) is 35.2 Å². The zero-order valence-corrected chi connectivity index (χ0v) is 14.1. The number of benzene rings is 1. The Kier molecular flexibility index (Phi) is 5.67. The highest BCUT2D eigenvalue weighted by atomic mass is 16.3. The number of furan rings is 1. The molecule has 1 saturated heterocycles. The molecule has 1 atom stereocenters. The maximum absolute atomic E-state index is 12.8. The molecule has 1 aliphatic heterocycles. The number of hydrogen-bond donors (Lipinski definition) is 1. The average Bonchev–Trinajstić information content (AvgIpc) is 3.33. The Labute approximate surface area is 147 Å². The lowest BCUT2D eigenvalue weighted by Crippen LogP contribution is -2.48. The number of likely N-dealkylation sites (tertiary alicyclic amines) is 1.